The van der Waals surface area contributed by atoms with Gasteiger partial charge in [0, 0.05) is 6.20 Å². The van der Waals surface area contributed by atoms with E-state index in [2.05, 4.69) is 4.98 Å². The molecule has 1 heterocycles. The molecule has 0 aliphatic carbocycles. The van der Waals surface area contributed by atoms with Crippen LogP contribution in [0.25, 0.3) is 0 Å². The molecule has 0 bridgehead atoms. The normalized spacial score (nSPS) is 10.1. The van der Waals surface area contributed by atoms with Crippen molar-refractivity contribution in [3.8, 4) is 11.5 Å². The van der Waals surface area contributed by atoms with Gasteiger partial charge in [-0.15, -0.1) is 0 Å². The summed E-state index contributed by atoms with van der Waals surface area (Å²) in [6.45, 7) is 1.60. The lowest BCUT2D eigenvalue weighted by Gasteiger charge is -2.09. The molecule has 0 saturated carbocycles. The average molecular weight is 247 g/mol. The minimum absolute atomic E-state index is 0.00880. The summed E-state index contributed by atoms with van der Waals surface area (Å²) in [6.07, 6.45) is 1.34. The van der Waals surface area contributed by atoms with E-state index in [0.717, 1.165) is 0 Å². The van der Waals surface area contributed by atoms with Crippen LogP contribution < -0.4 is 4.74 Å². The summed E-state index contributed by atoms with van der Waals surface area (Å²) < 4.78 is 19.0. The summed E-state index contributed by atoms with van der Waals surface area (Å²) in [5.41, 5.74) is 0.173. The van der Waals surface area contributed by atoms with Crippen LogP contribution in [0.3, 0.4) is 0 Å². The molecule has 1 N–H and O–H groups in total. The van der Waals surface area contributed by atoms with E-state index >= 15 is 0 Å². The van der Waals surface area contributed by atoms with Crippen LogP contribution in [-0.4, -0.2) is 16.1 Å². The lowest BCUT2D eigenvalue weighted by atomic mass is 10.2. The van der Waals surface area contributed by atoms with Gasteiger partial charge in [0.25, 0.3) is 0 Å². The lowest BCUT2D eigenvalue weighted by molar-refractivity contribution is 0.0687. The summed E-state index contributed by atoms with van der Waals surface area (Å²) >= 11 is 0. The molecule has 0 saturated heterocycles. The number of nitrogens with zero attached hydrogens (tertiary/aromatic N) is 1. The molecule has 0 spiro atoms. The molecule has 0 radical (unpaired) electrons. The van der Waals surface area contributed by atoms with E-state index < -0.39 is 11.8 Å². The molecule has 4 nitrogen and oxygen atoms in total. The SMILES string of the molecule is Cc1cccc(Oc2cccnc2C(=O)O)c1F. The van der Waals surface area contributed by atoms with Crippen LogP contribution in [-0.2, 0) is 0 Å². The van der Waals surface area contributed by atoms with Gasteiger partial charge >= 0.3 is 5.97 Å². The van der Waals surface area contributed by atoms with Crippen LogP contribution in [0.5, 0.6) is 11.5 Å². The van der Waals surface area contributed by atoms with Crippen molar-refractivity contribution in [2.24, 2.45) is 0 Å². The van der Waals surface area contributed by atoms with Crippen molar-refractivity contribution in [2.45, 2.75) is 6.92 Å². The summed E-state index contributed by atoms with van der Waals surface area (Å²) in [7, 11) is 0. The van der Waals surface area contributed by atoms with Crippen LogP contribution in [0, 0.1) is 12.7 Å². The van der Waals surface area contributed by atoms with E-state index in [9.17, 15) is 9.18 Å². The fourth-order valence-electron chi connectivity index (χ4n) is 1.45. The molecular weight excluding hydrogens is 237 g/mol. The number of hydrogen-bond acceptors (Lipinski definition) is 3. The Morgan fingerprint density at radius 1 is 1.28 bits per heavy atom. The van der Waals surface area contributed by atoms with Crippen molar-refractivity contribution in [3.63, 3.8) is 0 Å². The smallest absolute Gasteiger partial charge is 0.358 e. The molecule has 0 unspecified atom stereocenters. The molecule has 2 rings (SSSR count). The predicted octanol–water partition coefficient (Wildman–Crippen LogP) is 3.02. The fraction of sp³-hybridized carbons (Fsp3) is 0.0769. The summed E-state index contributed by atoms with van der Waals surface area (Å²) in [5.74, 6) is -1.75. The average Bonchev–Trinajstić information content (AvgIpc) is 2.35. The summed E-state index contributed by atoms with van der Waals surface area (Å²) in [4.78, 5) is 14.6. The summed E-state index contributed by atoms with van der Waals surface area (Å²) in [5, 5.41) is 8.93. The third-order valence-electron chi connectivity index (χ3n) is 2.35. The highest BCUT2D eigenvalue weighted by atomic mass is 19.1. The second kappa shape index (κ2) is 4.83. The zero-order valence-corrected chi connectivity index (χ0v) is 9.55. The molecule has 0 amide bonds. The standard InChI is InChI=1S/C13H10FNO3/c1-8-4-2-5-9(11(8)14)18-10-6-3-7-15-12(10)13(16)17/h2-7H,1H3,(H,16,17). The van der Waals surface area contributed by atoms with Crippen molar-refractivity contribution in [1.82, 2.24) is 4.98 Å². The Morgan fingerprint density at radius 2 is 2.00 bits per heavy atom. The molecular formula is C13H10FNO3. The van der Waals surface area contributed by atoms with E-state index in [4.69, 9.17) is 9.84 Å². The third-order valence-corrected chi connectivity index (χ3v) is 2.35. The molecule has 0 fully saturated rings. The van der Waals surface area contributed by atoms with Crippen LogP contribution >= 0.6 is 0 Å². The number of aromatic carboxylic acids is 1. The van der Waals surface area contributed by atoms with E-state index in [1.165, 1.54) is 24.4 Å². The van der Waals surface area contributed by atoms with Gasteiger partial charge < -0.3 is 9.84 Å². The molecule has 5 heteroatoms. The topological polar surface area (TPSA) is 59.4 Å². The lowest BCUT2D eigenvalue weighted by Crippen LogP contribution is -2.03. The number of carbonyl (C=O) groups is 1. The number of benzene rings is 1. The van der Waals surface area contributed by atoms with Crippen molar-refractivity contribution in [2.75, 3.05) is 0 Å². The first-order valence-electron chi connectivity index (χ1n) is 5.21. The highest BCUT2D eigenvalue weighted by Crippen LogP contribution is 2.27. The van der Waals surface area contributed by atoms with Gasteiger partial charge in [-0.2, -0.15) is 0 Å². The second-order valence-electron chi connectivity index (χ2n) is 3.64. The molecule has 0 aliphatic rings. The largest absolute Gasteiger partial charge is 0.476 e. The Balaban J connectivity index is 2.40. The van der Waals surface area contributed by atoms with Gasteiger partial charge in [0.15, 0.2) is 23.0 Å². The number of hydrogen-bond donors (Lipinski definition) is 1. The monoisotopic (exact) mass is 247 g/mol. The summed E-state index contributed by atoms with van der Waals surface area (Å²) in [6, 6.07) is 7.61. The zero-order valence-electron chi connectivity index (χ0n) is 9.55. The van der Waals surface area contributed by atoms with Gasteiger partial charge in [-0.05, 0) is 30.7 Å². The second-order valence-corrected chi connectivity index (χ2v) is 3.64. The van der Waals surface area contributed by atoms with E-state index in [1.807, 2.05) is 0 Å². The number of carboxylic acids is 1. The number of ether oxygens (including phenoxy) is 1. The first-order valence-corrected chi connectivity index (χ1v) is 5.21. The van der Waals surface area contributed by atoms with E-state index in [0.29, 0.717) is 5.56 Å². The number of rotatable bonds is 3. The Kier molecular flexibility index (Phi) is 3.23. The van der Waals surface area contributed by atoms with Gasteiger partial charge in [0.05, 0.1) is 0 Å². The first-order chi connectivity index (χ1) is 8.59. The minimum Gasteiger partial charge on any atom is -0.476 e. The van der Waals surface area contributed by atoms with Crippen molar-refractivity contribution >= 4 is 5.97 Å². The molecule has 2 aromatic rings. The predicted molar refractivity (Wildman–Crippen MR) is 62.4 cm³/mol. The number of aryl methyl sites for hydroxylation is 1. The Morgan fingerprint density at radius 3 is 2.72 bits per heavy atom. The number of carboxylic acid groups (broad SMARTS) is 1. The van der Waals surface area contributed by atoms with Crippen LogP contribution in [0.4, 0.5) is 4.39 Å². The van der Waals surface area contributed by atoms with Gasteiger partial charge in [-0.25, -0.2) is 14.2 Å². The maximum Gasteiger partial charge on any atom is 0.358 e. The number of pyridine rings is 1. The zero-order chi connectivity index (χ0) is 13.1. The molecule has 0 aliphatic heterocycles. The molecule has 18 heavy (non-hydrogen) atoms. The number of halogens is 1. The van der Waals surface area contributed by atoms with Crippen molar-refractivity contribution in [3.05, 3.63) is 53.6 Å². The first kappa shape index (κ1) is 12.0. The minimum atomic E-state index is -1.22. The quantitative estimate of drug-likeness (QED) is 0.905. The van der Waals surface area contributed by atoms with Crippen LogP contribution in [0.15, 0.2) is 36.5 Å². The molecule has 1 aromatic heterocycles. The third kappa shape index (κ3) is 2.29. The van der Waals surface area contributed by atoms with E-state index in [1.54, 1.807) is 19.1 Å². The molecule has 92 valence electrons. The van der Waals surface area contributed by atoms with Gasteiger partial charge in [0.1, 0.15) is 0 Å². The van der Waals surface area contributed by atoms with Gasteiger partial charge in [-0.1, -0.05) is 12.1 Å². The highest BCUT2D eigenvalue weighted by molar-refractivity contribution is 5.88. The van der Waals surface area contributed by atoms with Gasteiger partial charge in [-0.3, -0.25) is 0 Å². The van der Waals surface area contributed by atoms with Crippen LogP contribution in [0.1, 0.15) is 16.1 Å². The number of aromatic nitrogens is 1. The molecule has 1 aromatic carbocycles. The Labute approximate surface area is 103 Å². The Bertz CT molecular complexity index is 599. The fourth-order valence-corrected chi connectivity index (χ4v) is 1.45. The maximum atomic E-state index is 13.7. The van der Waals surface area contributed by atoms with Crippen molar-refractivity contribution in [1.29, 1.82) is 0 Å². The maximum absolute atomic E-state index is 13.7. The van der Waals surface area contributed by atoms with Crippen LogP contribution in [0.2, 0.25) is 0 Å². The Hall–Kier alpha value is -2.43. The molecule has 0 atom stereocenters. The van der Waals surface area contributed by atoms with Gasteiger partial charge in [0.2, 0.25) is 0 Å². The van der Waals surface area contributed by atoms with Crippen molar-refractivity contribution < 1.29 is 19.0 Å². The highest BCUT2D eigenvalue weighted by Gasteiger charge is 2.15. The van der Waals surface area contributed by atoms with E-state index in [-0.39, 0.29) is 17.2 Å².